The highest BCUT2D eigenvalue weighted by molar-refractivity contribution is 5.76. The van der Waals surface area contributed by atoms with Gasteiger partial charge in [-0.1, -0.05) is 178 Å². The summed E-state index contributed by atoms with van der Waals surface area (Å²) in [4.78, 5) is 13.2. The van der Waals surface area contributed by atoms with Gasteiger partial charge in [-0.25, -0.2) is 0 Å². The molecule has 14 nitrogen and oxygen atoms in total. The Kier molecular flexibility index (Phi) is 38.7. The van der Waals surface area contributed by atoms with Crippen LogP contribution in [-0.4, -0.2) is 140 Å². The van der Waals surface area contributed by atoms with Crippen LogP contribution in [0.1, 0.15) is 206 Å². The monoisotopic (exact) mass is 996 g/mol. The van der Waals surface area contributed by atoms with E-state index < -0.39 is 86.8 Å². The Labute approximate surface area is 423 Å². The Morgan fingerprint density at radius 3 is 1.41 bits per heavy atom. The summed E-state index contributed by atoms with van der Waals surface area (Å²) >= 11 is 0. The molecule has 2 fully saturated rings. The van der Waals surface area contributed by atoms with Crippen LogP contribution in [0.4, 0.5) is 0 Å². The Bertz CT molecular complexity index is 1360. The summed E-state index contributed by atoms with van der Waals surface area (Å²) in [5, 5.41) is 86.8. The number of rotatable bonds is 43. The van der Waals surface area contributed by atoms with Gasteiger partial charge in [-0.05, 0) is 70.6 Å². The molecule has 12 atom stereocenters. The molecule has 2 heterocycles. The second-order valence-corrected chi connectivity index (χ2v) is 19.7. The second kappa shape index (κ2) is 42.3. The van der Waals surface area contributed by atoms with Crippen LogP contribution < -0.4 is 5.32 Å². The number of nitrogens with one attached hydrogen (secondary N) is 1. The van der Waals surface area contributed by atoms with Crippen molar-refractivity contribution in [3.63, 3.8) is 0 Å². The van der Waals surface area contributed by atoms with Crippen molar-refractivity contribution in [2.75, 3.05) is 19.8 Å². The number of allylic oxidation sites excluding steroid dienone is 7. The van der Waals surface area contributed by atoms with Crippen molar-refractivity contribution in [3.8, 4) is 0 Å². The van der Waals surface area contributed by atoms with Crippen molar-refractivity contribution < 1.29 is 64.6 Å². The van der Waals surface area contributed by atoms with Gasteiger partial charge in [0.1, 0.15) is 48.8 Å². The van der Waals surface area contributed by atoms with Gasteiger partial charge >= 0.3 is 0 Å². The average Bonchev–Trinajstić information content (AvgIpc) is 3.36. The highest BCUT2D eigenvalue weighted by Crippen LogP contribution is 2.30. The van der Waals surface area contributed by atoms with Crippen LogP contribution in [0, 0.1) is 0 Å². The highest BCUT2D eigenvalue weighted by atomic mass is 16.7. The molecule has 0 spiro atoms. The summed E-state index contributed by atoms with van der Waals surface area (Å²) in [6.45, 7) is 2.74. The number of carbonyl (C=O) groups is 1. The third-order valence-corrected chi connectivity index (χ3v) is 13.5. The minimum absolute atomic E-state index is 0.259. The fourth-order valence-electron chi connectivity index (χ4n) is 8.90. The minimum atomic E-state index is -1.79. The van der Waals surface area contributed by atoms with Gasteiger partial charge in [-0.15, -0.1) is 0 Å². The topological polar surface area (TPSA) is 228 Å². The van der Waals surface area contributed by atoms with Gasteiger partial charge in [-0.3, -0.25) is 4.79 Å². The zero-order chi connectivity index (χ0) is 51.0. The Balaban J connectivity index is 1.82. The smallest absolute Gasteiger partial charge is 0.220 e. The number of ether oxygens (including phenoxy) is 4. The van der Waals surface area contributed by atoms with Crippen LogP contribution in [-0.2, 0) is 23.7 Å². The van der Waals surface area contributed by atoms with E-state index in [0.29, 0.717) is 12.8 Å². The van der Waals surface area contributed by atoms with E-state index in [1.54, 1.807) is 6.08 Å². The molecule has 0 aromatic heterocycles. The predicted molar refractivity (Wildman–Crippen MR) is 277 cm³/mol. The maximum absolute atomic E-state index is 13.2. The van der Waals surface area contributed by atoms with Crippen molar-refractivity contribution in [1.82, 2.24) is 5.32 Å². The third kappa shape index (κ3) is 28.4. The van der Waals surface area contributed by atoms with Crippen LogP contribution >= 0.6 is 0 Å². The third-order valence-electron chi connectivity index (χ3n) is 13.5. The molecule has 2 rings (SSSR count). The fourth-order valence-corrected chi connectivity index (χ4v) is 8.90. The molecule has 0 aromatic rings. The number of aliphatic hydroxyl groups excluding tert-OH is 8. The lowest BCUT2D eigenvalue weighted by Gasteiger charge is -2.46. The summed E-state index contributed by atoms with van der Waals surface area (Å²) < 4.78 is 22.7. The van der Waals surface area contributed by atoms with E-state index in [0.717, 1.165) is 64.2 Å². The van der Waals surface area contributed by atoms with Gasteiger partial charge in [0.05, 0.1) is 32.0 Å². The molecule has 0 aliphatic carbocycles. The van der Waals surface area contributed by atoms with Crippen molar-refractivity contribution in [1.29, 1.82) is 0 Å². The van der Waals surface area contributed by atoms with Crippen molar-refractivity contribution in [3.05, 3.63) is 48.6 Å². The first-order chi connectivity index (χ1) is 34.1. The maximum Gasteiger partial charge on any atom is 0.220 e. The number of hydrogen-bond acceptors (Lipinski definition) is 13. The number of aliphatic hydroxyl groups is 8. The Hall–Kier alpha value is -2.05. The van der Waals surface area contributed by atoms with Crippen molar-refractivity contribution >= 4 is 5.91 Å². The molecule has 0 aromatic carbocycles. The lowest BCUT2D eigenvalue weighted by atomic mass is 9.97. The molecule has 2 aliphatic heterocycles. The molecule has 0 saturated carbocycles. The molecule has 12 unspecified atom stereocenters. The largest absolute Gasteiger partial charge is 0.394 e. The normalized spacial score (nSPS) is 26.3. The van der Waals surface area contributed by atoms with Gasteiger partial charge < -0.3 is 65.1 Å². The highest BCUT2D eigenvalue weighted by Gasteiger charge is 2.51. The predicted octanol–water partition coefficient (Wildman–Crippen LogP) is 8.44. The van der Waals surface area contributed by atoms with E-state index in [4.69, 9.17) is 18.9 Å². The number of unbranched alkanes of at least 4 members (excludes halogenated alkanes) is 24. The molecule has 0 radical (unpaired) electrons. The Morgan fingerprint density at radius 1 is 0.500 bits per heavy atom. The molecule has 9 N–H and O–H groups in total. The second-order valence-electron chi connectivity index (χ2n) is 19.7. The van der Waals surface area contributed by atoms with E-state index in [2.05, 4.69) is 55.6 Å². The van der Waals surface area contributed by atoms with E-state index in [1.165, 1.54) is 109 Å². The van der Waals surface area contributed by atoms with Crippen LogP contribution in [0.3, 0.4) is 0 Å². The van der Waals surface area contributed by atoms with Crippen LogP contribution in [0.2, 0.25) is 0 Å². The molecule has 408 valence electrons. The van der Waals surface area contributed by atoms with Crippen molar-refractivity contribution in [2.45, 2.75) is 280 Å². The summed E-state index contributed by atoms with van der Waals surface area (Å²) in [5.41, 5.74) is 0. The number of carbonyl (C=O) groups excluding carboxylic acids is 1. The Morgan fingerprint density at radius 2 is 0.914 bits per heavy atom. The van der Waals surface area contributed by atoms with Crippen molar-refractivity contribution in [2.24, 2.45) is 0 Å². The van der Waals surface area contributed by atoms with Gasteiger partial charge in [0, 0.05) is 6.42 Å². The molecule has 2 saturated heterocycles. The zero-order valence-electron chi connectivity index (χ0n) is 43.5. The first-order valence-corrected chi connectivity index (χ1v) is 27.9. The standard InChI is InChI=1S/C56H101NO13/c1-3-5-7-9-11-13-15-17-18-19-20-21-22-23-24-25-26-28-29-31-33-35-37-39-45(60)44(57-48(61)40-38-36-34-32-30-27-16-14-12-10-8-6-4-2)43-67-55-53(66)51(64)54(47(42-59)69-55)70-56-52(65)50(63)49(62)46(41-58)68-56/h14,16,24-25,29,31,37,39,44-47,49-56,58-60,62-66H,3-13,15,17-23,26-28,30,32-36,38,40-43H2,1-2H3,(H,57,61)/b16-14-,25-24+,31-29+,39-37+. The van der Waals surface area contributed by atoms with Crippen LogP contribution in [0.25, 0.3) is 0 Å². The van der Waals surface area contributed by atoms with Crippen LogP contribution in [0.5, 0.6) is 0 Å². The number of amides is 1. The van der Waals surface area contributed by atoms with E-state index >= 15 is 0 Å². The summed E-state index contributed by atoms with van der Waals surface area (Å²) in [5.74, 6) is -0.264. The van der Waals surface area contributed by atoms with Gasteiger partial charge in [0.15, 0.2) is 12.6 Å². The quantitative estimate of drug-likeness (QED) is 0.0207. The molecule has 14 heteroatoms. The summed E-state index contributed by atoms with van der Waals surface area (Å²) in [6, 6.07) is -0.942. The van der Waals surface area contributed by atoms with E-state index in [-0.39, 0.29) is 18.9 Å². The minimum Gasteiger partial charge on any atom is -0.394 e. The van der Waals surface area contributed by atoms with Crippen LogP contribution in [0.15, 0.2) is 48.6 Å². The number of hydrogen-bond donors (Lipinski definition) is 9. The first-order valence-electron chi connectivity index (χ1n) is 27.9. The summed E-state index contributed by atoms with van der Waals surface area (Å²) in [7, 11) is 0. The van der Waals surface area contributed by atoms with Gasteiger partial charge in [-0.2, -0.15) is 0 Å². The maximum atomic E-state index is 13.2. The molecular formula is C56H101NO13. The lowest BCUT2D eigenvalue weighted by molar-refractivity contribution is -0.359. The molecule has 0 bridgehead atoms. The summed E-state index contributed by atoms with van der Waals surface area (Å²) in [6.07, 6.45) is 34.4. The van der Waals surface area contributed by atoms with E-state index in [9.17, 15) is 45.6 Å². The molecular weight excluding hydrogens is 895 g/mol. The fraction of sp³-hybridized carbons (Fsp3) is 0.839. The lowest BCUT2D eigenvalue weighted by Crippen LogP contribution is -2.65. The van der Waals surface area contributed by atoms with Gasteiger partial charge in [0.25, 0.3) is 0 Å². The zero-order valence-corrected chi connectivity index (χ0v) is 43.5. The SMILES string of the molecule is CCCCCC/C=C\CCCCCCCC(=O)NC(COC1OC(CO)C(OC2OC(CO)C(O)C(O)C2O)C(O)C1O)C(O)/C=C/CC/C=C/CC/C=C/CCCCCCCCCCCCCCC. The van der Waals surface area contributed by atoms with Gasteiger partial charge in [0.2, 0.25) is 5.91 Å². The molecule has 70 heavy (non-hydrogen) atoms. The molecule has 1 amide bonds. The average molecular weight is 996 g/mol. The molecule has 2 aliphatic rings. The first kappa shape index (κ1) is 64.1. The van der Waals surface area contributed by atoms with E-state index in [1.807, 2.05) is 6.08 Å².